The molecule has 0 radical (unpaired) electrons. The lowest BCUT2D eigenvalue weighted by Crippen LogP contribution is -2.09. The van der Waals surface area contributed by atoms with Crippen LogP contribution in [0.25, 0.3) is 11.2 Å². The van der Waals surface area contributed by atoms with E-state index >= 15 is 0 Å². The van der Waals surface area contributed by atoms with Crippen molar-refractivity contribution in [1.29, 1.82) is 5.26 Å². The molecule has 0 amide bonds. The van der Waals surface area contributed by atoms with Gasteiger partial charge >= 0.3 is 0 Å². The second-order valence-electron chi connectivity index (χ2n) is 9.17. The van der Waals surface area contributed by atoms with E-state index in [-0.39, 0.29) is 12.5 Å². The van der Waals surface area contributed by atoms with Gasteiger partial charge in [-0.05, 0) is 59.9 Å². The topological polar surface area (TPSA) is 79.8 Å². The van der Waals surface area contributed by atoms with Gasteiger partial charge in [-0.3, -0.25) is 4.40 Å². The number of benzene rings is 2. The number of aromatic nitrogens is 2. The summed E-state index contributed by atoms with van der Waals surface area (Å²) in [6, 6.07) is 15.9. The van der Waals surface area contributed by atoms with E-state index in [1.807, 2.05) is 54.8 Å². The first-order valence-electron chi connectivity index (χ1n) is 11.7. The molecule has 4 aromatic rings. The van der Waals surface area contributed by atoms with Gasteiger partial charge in [0.05, 0.1) is 24.6 Å². The number of ether oxygens (including phenoxy) is 2. The minimum absolute atomic E-state index is 0.0700. The molecule has 1 unspecified atom stereocenters. The van der Waals surface area contributed by atoms with E-state index in [0.29, 0.717) is 45.1 Å². The first-order chi connectivity index (χ1) is 17.3. The second-order valence-corrected chi connectivity index (χ2v) is 9.17. The van der Waals surface area contributed by atoms with E-state index in [9.17, 15) is 14.8 Å². The van der Waals surface area contributed by atoms with Gasteiger partial charge < -0.3 is 14.6 Å². The molecule has 6 nitrogen and oxygen atoms in total. The van der Waals surface area contributed by atoms with Crippen molar-refractivity contribution in [2.45, 2.75) is 39.4 Å². The molecular weight excluding hydrogens is 457 g/mol. The Kier molecular flexibility index (Phi) is 5.99. The molecule has 0 spiro atoms. The summed E-state index contributed by atoms with van der Waals surface area (Å²) in [6.07, 6.45) is 0.895. The van der Waals surface area contributed by atoms with Crippen LogP contribution in [0, 0.1) is 17.1 Å². The van der Waals surface area contributed by atoms with E-state index in [1.165, 1.54) is 12.1 Å². The summed E-state index contributed by atoms with van der Waals surface area (Å²) >= 11 is 0. The summed E-state index contributed by atoms with van der Waals surface area (Å²) in [7, 11) is 1.60. The van der Waals surface area contributed by atoms with Crippen LogP contribution in [0.15, 0.2) is 60.3 Å². The maximum absolute atomic E-state index is 14.0. The van der Waals surface area contributed by atoms with Crippen LogP contribution >= 0.6 is 0 Å². The molecule has 0 fully saturated rings. The standard InChI is InChI=1S/C29H26FN3O3/c1-16(2)26-27(33-11-5-6-23(35-4)29(33)32-26)28(34)18-7-9-21-19(12-18)15-36-24-13-20(30)8-10-22(24)25(21)17(3)14-31/h5-13,16,28,34H,15H2,1-4H3/b25-17+. The number of hydrogen-bond acceptors (Lipinski definition) is 5. The van der Waals surface area contributed by atoms with Crippen LogP contribution in [0.4, 0.5) is 4.39 Å². The Hall–Kier alpha value is -4.15. The Morgan fingerprint density at radius 2 is 1.97 bits per heavy atom. The Morgan fingerprint density at radius 3 is 2.69 bits per heavy atom. The zero-order valence-corrected chi connectivity index (χ0v) is 20.5. The van der Waals surface area contributed by atoms with Gasteiger partial charge in [-0.15, -0.1) is 0 Å². The summed E-state index contributed by atoms with van der Waals surface area (Å²) in [6.45, 7) is 5.98. The second kappa shape index (κ2) is 9.14. The number of rotatable bonds is 4. The van der Waals surface area contributed by atoms with E-state index in [4.69, 9.17) is 14.5 Å². The number of hydrogen-bond donors (Lipinski definition) is 1. The minimum Gasteiger partial charge on any atom is -0.493 e. The lowest BCUT2D eigenvalue weighted by Gasteiger charge is -2.17. The molecule has 1 aliphatic rings. The molecule has 1 aliphatic heterocycles. The zero-order chi connectivity index (χ0) is 25.6. The molecule has 1 N–H and O–H groups in total. The quantitative estimate of drug-likeness (QED) is 0.364. The van der Waals surface area contributed by atoms with Crippen LogP contribution in [-0.2, 0) is 6.61 Å². The van der Waals surface area contributed by atoms with Crippen molar-refractivity contribution in [1.82, 2.24) is 9.38 Å². The SMILES string of the molecule is COc1cccn2c(C(O)c3ccc4c(c3)COc3cc(F)ccc3/C4=C(\C)C#N)c(C(C)C)nc12. The van der Waals surface area contributed by atoms with Gasteiger partial charge in [-0.25, -0.2) is 9.37 Å². The number of methoxy groups -OCH3 is 1. The molecule has 1 atom stereocenters. The molecule has 0 saturated heterocycles. The first-order valence-corrected chi connectivity index (χ1v) is 11.7. The monoisotopic (exact) mass is 483 g/mol. The molecule has 5 rings (SSSR count). The highest BCUT2D eigenvalue weighted by atomic mass is 19.1. The summed E-state index contributed by atoms with van der Waals surface area (Å²) in [4.78, 5) is 4.79. The molecule has 7 heteroatoms. The van der Waals surface area contributed by atoms with Gasteiger partial charge in [0.15, 0.2) is 11.4 Å². The van der Waals surface area contributed by atoms with E-state index in [2.05, 4.69) is 6.07 Å². The van der Waals surface area contributed by atoms with Gasteiger partial charge in [0, 0.05) is 29.0 Å². The molecule has 36 heavy (non-hydrogen) atoms. The molecule has 2 aromatic carbocycles. The number of pyridine rings is 1. The molecular formula is C29H26FN3O3. The van der Waals surface area contributed by atoms with Gasteiger partial charge in [0.25, 0.3) is 0 Å². The average Bonchev–Trinajstić information content (AvgIpc) is 3.20. The summed E-state index contributed by atoms with van der Waals surface area (Å²) in [5.41, 5.74) is 6.23. The highest BCUT2D eigenvalue weighted by Crippen LogP contribution is 2.40. The Balaban J connectivity index is 1.66. The van der Waals surface area contributed by atoms with Gasteiger partial charge in [-0.1, -0.05) is 26.0 Å². The molecule has 0 saturated carbocycles. The third-order valence-electron chi connectivity index (χ3n) is 6.56. The lowest BCUT2D eigenvalue weighted by molar-refractivity contribution is 0.212. The summed E-state index contributed by atoms with van der Waals surface area (Å²) < 4.78 is 27.3. The number of fused-ring (bicyclic) bond motifs is 3. The number of aliphatic hydroxyl groups is 1. The highest BCUT2D eigenvalue weighted by Gasteiger charge is 2.27. The van der Waals surface area contributed by atoms with Gasteiger partial charge in [-0.2, -0.15) is 5.26 Å². The maximum Gasteiger partial charge on any atom is 0.180 e. The highest BCUT2D eigenvalue weighted by molar-refractivity contribution is 5.88. The molecule has 0 aliphatic carbocycles. The molecule has 0 bridgehead atoms. The Labute approximate surface area is 208 Å². The van der Waals surface area contributed by atoms with E-state index in [0.717, 1.165) is 16.8 Å². The van der Waals surface area contributed by atoms with Crippen molar-refractivity contribution in [3.05, 3.63) is 99.8 Å². The minimum atomic E-state index is -0.970. The zero-order valence-electron chi connectivity index (χ0n) is 20.5. The van der Waals surface area contributed by atoms with Crippen molar-refractivity contribution in [2.75, 3.05) is 7.11 Å². The number of allylic oxidation sites excluding steroid dienone is 1. The number of aliphatic hydroxyl groups excluding tert-OH is 1. The van der Waals surface area contributed by atoms with E-state index < -0.39 is 11.9 Å². The first kappa shape index (κ1) is 23.6. The van der Waals surface area contributed by atoms with Crippen LogP contribution in [0.3, 0.4) is 0 Å². The van der Waals surface area contributed by atoms with Gasteiger partial charge in [0.1, 0.15) is 24.3 Å². The van der Waals surface area contributed by atoms with Crippen LogP contribution in [0.5, 0.6) is 11.5 Å². The van der Waals surface area contributed by atoms with Crippen LogP contribution < -0.4 is 9.47 Å². The molecule has 2 aromatic heterocycles. The number of imidazole rings is 1. The number of nitrogens with zero attached hydrogens (tertiary/aromatic N) is 3. The third-order valence-corrected chi connectivity index (χ3v) is 6.56. The molecule has 182 valence electrons. The van der Waals surface area contributed by atoms with Crippen LogP contribution in [-0.4, -0.2) is 21.6 Å². The van der Waals surface area contributed by atoms with Crippen molar-refractivity contribution in [3.63, 3.8) is 0 Å². The van der Waals surface area contributed by atoms with Crippen molar-refractivity contribution >= 4 is 11.2 Å². The van der Waals surface area contributed by atoms with Gasteiger partial charge in [0.2, 0.25) is 0 Å². The van der Waals surface area contributed by atoms with Crippen molar-refractivity contribution in [3.8, 4) is 17.6 Å². The smallest absolute Gasteiger partial charge is 0.180 e. The number of halogens is 1. The third kappa shape index (κ3) is 3.80. The van der Waals surface area contributed by atoms with Crippen molar-refractivity contribution < 1.29 is 19.0 Å². The van der Waals surface area contributed by atoms with E-state index in [1.54, 1.807) is 20.1 Å². The van der Waals surface area contributed by atoms with Crippen molar-refractivity contribution in [2.24, 2.45) is 0 Å². The summed E-state index contributed by atoms with van der Waals surface area (Å²) in [5.74, 6) is 0.670. The summed E-state index contributed by atoms with van der Waals surface area (Å²) in [5, 5.41) is 21.3. The maximum atomic E-state index is 14.0. The largest absolute Gasteiger partial charge is 0.493 e. The fraction of sp³-hybridized carbons (Fsp3) is 0.241. The predicted octanol–water partition coefficient (Wildman–Crippen LogP) is 5.92. The lowest BCUT2D eigenvalue weighted by atomic mass is 9.89. The van der Waals surface area contributed by atoms with Crippen LogP contribution in [0.2, 0.25) is 0 Å². The number of nitriles is 1. The Morgan fingerprint density at radius 1 is 1.19 bits per heavy atom. The predicted molar refractivity (Wildman–Crippen MR) is 134 cm³/mol. The fourth-order valence-electron chi connectivity index (χ4n) is 4.82. The molecule has 3 heterocycles. The fourth-order valence-corrected chi connectivity index (χ4v) is 4.82. The normalized spacial score (nSPS) is 14.9. The van der Waals surface area contributed by atoms with Crippen LogP contribution in [0.1, 0.15) is 66.4 Å². The average molecular weight is 484 g/mol. The Bertz CT molecular complexity index is 1560.